The summed E-state index contributed by atoms with van der Waals surface area (Å²) in [5.41, 5.74) is 4.06. The van der Waals surface area contributed by atoms with Crippen molar-refractivity contribution in [1.29, 1.82) is 0 Å². The molecular formula is C21H19N5O. The second-order valence-electron chi connectivity index (χ2n) is 6.41. The van der Waals surface area contributed by atoms with E-state index in [1.165, 1.54) is 0 Å². The lowest BCUT2D eigenvalue weighted by Gasteiger charge is -2.06. The molecule has 6 nitrogen and oxygen atoms in total. The molecule has 0 aliphatic carbocycles. The fraction of sp³-hybridized carbons (Fsp3) is 0.143. The van der Waals surface area contributed by atoms with Gasteiger partial charge in [-0.1, -0.05) is 48.5 Å². The van der Waals surface area contributed by atoms with Crippen molar-refractivity contribution in [2.75, 3.05) is 0 Å². The van der Waals surface area contributed by atoms with Crippen LogP contribution in [0.4, 0.5) is 11.6 Å². The average molecular weight is 357 g/mol. The Hall–Kier alpha value is -3.54. The topological polar surface area (TPSA) is 75.7 Å². The molecule has 2 heterocycles. The molecule has 0 fully saturated rings. The zero-order valence-corrected chi connectivity index (χ0v) is 15.2. The molecule has 0 aliphatic heterocycles. The van der Waals surface area contributed by atoms with Crippen molar-refractivity contribution < 1.29 is 5.11 Å². The highest BCUT2D eigenvalue weighted by Crippen LogP contribution is 2.39. The van der Waals surface area contributed by atoms with Crippen LogP contribution in [0.15, 0.2) is 70.9 Å². The monoisotopic (exact) mass is 357 g/mol. The molecule has 0 atom stereocenters. The van der Waals surface area contributed by atoms with Crippen molar-refractivity contribution in [3.63, 3.8) is 0 Å². The van der Waals surface area contributed by atoms with E-state index < -0.39 is 0 Å². The number of fused-ring (bicyclic) bond motifs is 1. The van der Waals surface area contributed by atoms with Crippen molar-refractivity contribution in [3.8, 4) is 5.88 Å². The van der Waals surface area contributed by atoms with E-state index in [0.29, 0.717) is 12.2 Å². The summed E-state index contributed by atoms with van der Waals surface area (Å²) >= 11 is 0. The first-order valence-corrected chi connectivity index (χ1v) is 8.70. The lowest BCUT2D eigenvalue weighted by molar-refractivity contribution is 0.429. The smallest absolute Gasteiger partial charge is 0.269 e. The highest BCUT2D eigenvalue weighted by molar-refractivity contribution is 5.95. The molecule has 4 rings (SSSR count). The van der Waals surface area contributed by atoms with Gasteiger partial charge in [0, 0.05) is 16.8 Å². The Kier molecular flexibility index (Phi) is 4.38. The van der Waals surface area contributed by atoms with Crippen LogP contribution in [-0.2, 0) is 6.54 Å². The summed E-state index contributed by atoms with van der Waals surface area (Å²) in [6.07, 6.45) is 0. The van der Waals surface area contributed by atoms with Gasteiger partial charge in [0.15, 0.2) is 5.69 Å². The van der Waals surface area contributed by atoms with Gasteiger partial charge in [0.05, 0.1) is 12.1 Å². The van der Waals surface area contributed by atoms with Gasteiger partial charge in [0.25, 0.3) is 5.95 Å². The number of hydrogen-bond donors (Lipinski definition) is 1. The maximum Gasteiger partial charge on any atom is 0.269 e. The average Bonchev–Trinajstić information content (AvgIpc) is 2.92. The van der Waals surface area contributed by atoms with Gasteiger partial charge in [-0.2, -0.15) is 0 Å². The quantitative estimate of drug-likeness (QED) is 0.509. The fourth-order valence-electron chi connectivity index (χ4n) is 3.14. The maximum absolute atomic E-state index is 10.8. The predicted octanol–water partition coefficient (Wildman–Crippen LogP) is 5.22. The number of hydrogen-bond acceptors (Lipinski definition) is 5. The van der Waals surface area contributed by atoms with Crippen LogP contribution in [0.2, 0.25) is 0 Å². The van der Waals surface area contributed by atoms with Gasteiger partial charge in [-0.3, -0.25) is 0 Å². The van der Waals surface area contributed by atoms with E-state index in [2.05, 4.69) is 20.2 Å². The lowest BCUT2D eigenvalue weighted by Crippen LogP contribution is -1.98. The van der Waals surface area contributed by atoms with Crippen LogP contribution in [0, 0.1) is 13.8 Å². The van der Waals surface area contributed by atoms with Crippen LogP contribution in [0.25, 0.3) is 10.9 Å². The maximum atomic E-state index is 10.8. The molecule has 134 valence electrons. The first kappa shape index (κ1) is 16.9. The number of nitrogens with zero attached hydrogens (tertiary/aromatic N) is 5. The number of aromatic nitrogens is 3. The minimum Gasteiger partial charge on any atom is -0.493 e. The summed E-state index contributed by atoms with van der Waals surface area (Å²) in [6.45, 7) is 4.32. The third-order valence-electron chi connectivity index (χ3n) is 4.31. The molecule has 27 heavy (non-hydrogen) atoms. The van der Waals surface area contributed by atoms with E-state index in [1.54, 1.807) is 0 Å². The number of rotatable bonds is 4. The van der Waals surface area contributed by atoms with E-state index in [0.717, 1.165) is 27.9 Å². The van der Waals surface area contributed by atoms with Crippen molar-refractivity contribution in [3.05, 3.63) is 77.6 Å². The molecule has 0 saturated carbocycles. The van der Waals surface area contributed by atoms with E-state index in [1.807, 2.05) is 79.1 Å². The summed E-state index contributed by atoms with van der Waals surface area (Å²) in [6, 6.07) is 19.6. The van der Waals surface area contributed by atoms with Crippen LogP contribution in [0.3, 0.4) is 0 Å². The normalized spacial score (nSPS) is 11.5. The molecule has 0 radical (unpaired) electrons. The van der Waals surface area contributed by atoms with Gasteiger partial charge in [0.2, 0.25) is 5.88 Å². The molecular weight excluding hydrogens is 338 g/mol. The molecule has 4 aromatic rings. The minimum absolute atomic E-state index is 0.0770. The number of benzene rings is 2. The number of azo groups is 1. The summed E-state index contributed by atoms with van der Waals surface area (Å²) in [4.78, 5) is 8.55. The predicted molar refractivity (Wildman–Crippen MR) is 105 cm³/mol. The number of para-hydroxylation sites is 1. The van der Waals surface area contributed by atoms with Crippen LogP contribution in [-0.4, -0.2) is 19.6 Å². The highest BCUT2D eigenvalue weighted by Gasteiger charge is 2.16. The molecule has 0 amide bonds. The van der Waals surface area contributed by atoms with Crippen LogP contribution >= 0.6 is 0 Å². The Labute approximate surface area is 156 Å². The lowest BCUT2D eigenvalue weighted by atomic mass is 10.2. The Morgan fingerprint density at radius 2 is 1.56 bits per heavy atom. The Bertz CT molecular complexity index is 1110. The molecule has 1 N–H and O–H groups in total. The van der Waals surface area contributed by atoms with E-state index in [9.17, 15) is 5.11 Å². The van der Waals surface area contributed by atoms with Crippen LogP contribution in [0.1, 0.15) is 17.0 Å². The van der Waals surface area contributed by atoms with Gasteiger partial charge < -0.3 is 9.67 Å². The fourth-order valence-corrected chi connectivity index (χ4v) is 3.14. The Balaban J connectivity index is 1.79. The standard InChI is InChI=1S/C21H19N5O/c1-14-12-15(2)23-21(22-14)25-24-19-17-10-6-7-11-18(17)26(20(19)27)13-16-8-4-3-5-9-16/h3-12,27H,13H2,1-2H3. The van der Waals surface area contributed by atoms with Crippen molar-refractivity contribution in [1.82, 2.24) is 14.5 Å². The minimum atomic E-state index is 0.0770. The third-order valence-corrected chi connectivity index (χ3v) is 4.31. The number of aromatic hydroxyl groups is 1. The van der Waals surface area contributed by atoms with Crippen molar-refractivity contribution in [2.24, 2.45) is 10.2 Å². The second-order valence-corrected chi connectivity index (χ2v) is 6.41. The molecule has 0 spiro atoms. The van der Waals surface area contributed by atoms with E-state index in [-0.39, 0.29) is 11.8 Å². The van der Waals surface area contributed by atoms with Gasteiger partial charge in [-0.15, -0.1) is 10.2 Å². The molecule has 2 aromatic carbocycles. The molecule has 6 heteroatoms. The SMILES string of the molecule is Cc1cc(C)nc(N=Nc2c(O)n(Cc3ccccc3)c3ccccc23)n1. The zero-order chi connectivity index (χ0) is 18.8. The summed E-state index contributed by atoms with van der Waals surface area (Å²) in [5, 5.41) is 20.1. The van der Waals surface area contributed by atoms with Crippen molar-refractivity contribution >= 4 is 22.5 Å². The first-order chi connectivity index (χ1) is 13.1. The Morgan fingerprint density at radius 3 is 2.30 bits per heavy atom. The largest absolute Gasteiger partial charge is 0.493 e. The molecule has 0 saturated heterocycles. The second kappa shape index (κ2) is 6.99. The van der Waals surface area contributed by atoms with Gasteiger partial charge >= 0.3 is 0 Å². The summed E-state index contributed by atoms with van der Waals surface area (Å²) in [7, 11) is 0. The molecule has 0 unspecified atom stereocenters. The van der Waals surface area contributed by atoms with E-state index in [4.69, 9.17) is 0 Å². The third kappa shape index (κ3) is 3.42. The first-order valence-electron chi connectivity index (χ1n) is 8.70. The highest BCUT2D eigenvalue weighted by atomic mass is 16.3. The molecule has 0 aliphatic rings. The van der Waals surface area contributed by atoms with Crippen molar-refractivity contribution in [2.45, 2.75) is 20.4 Å². The van der Waals surface area contributed by atoms with Crippen LogP contribution < -0.4 is 0 Å². The Morgan fingerprint density at radius 1 is 0.889 bits per heavy atom. The van der Waals surface area contributed by atoms with Gasteiger partial charge in [-0.05, 0) is 31.5 Å². The molecule has 2 aromatic heterocycles. The number of aryl methyl sites for hydroxylation is 2. The van der Waals surface area contributed by atoms with Gasteiger partial charge in [-0.25, -0.2) is 9.97 Å². The van der Waals surface area contributed by atoms with Crippen LogP contribution in [0.5, 0.6) is 5.88 Å². The zero-order valence-electron chi connectivity index (χ0n) is 15.2. The summed E-state index contributed by atoms with van der Waals surface area (Å²) < 4.78 is 1.83. The van der Waals surface area contributed by atoms with Gasteiger partial charge in [0.1, 0.15) is 0 Å². The van der Waals surface area contributed by atoms with E-state index >= 15 is 0 Å². The molecule has 0 bridgehead atoms. The summed E-state index contributed by atoms with van der Waals surface area (Å²) in [5.74, 6) is 0.361.